The molecule has 1 heterocycles. The summed E-state index contributed by atoms with van der Waals surface area (Å²) < 4.78 is 0. The molecule has 2 rings (SSSR count). The third-order valence-electron chi connectivity index (χ3n) is 4.26. The van der Waals surface area contributed by atoms with Crippen LogP contribution in [0.15, 0.2) is 46.8 Å². The lowest BCUT2D eigenvalue weighted by atomic mass is 10.1. The zero-order valence-corrected chi connectivity index (χ0v) is 17.2. The van der Waals surface area contributed by atoms with Crippen LogP contribution >= 0.6 is 11.3 Å². The number of hydrogen-bond donors (Lipinski definition) is 3. The number of thiophene rings is 1. The SMILES string of the molecule is CCNC(=NCc1cccc(NC(=O)C(C)CC)c1)NCCc1cccs1. The van der Waals surface area contributed by atoms with E-state index in [1.54, 1.807) is 11.3 Å². The summed E-state index contributed by atoms with van der Waals surface area (Å²) in [5.74, 6) is 0.879. The summed E-state index contributed by atoms with van der Waals surface area (Å²) in [4.78, 5) is 18.1. The highest BCUT2D eigenvalue weighted by atomic mass is 32.1. The Hall–Kier alpha value is -2.34. The number of nitrogens with zero attached hydrogens (tertiary/aromatic N) is 1. The Morgan fingerprint density at radius 2 is 2.04 bits per heavy atom. The maximum Gasteiger partial charge on any atom is 0.227 e. The number of hydrogen-bond acceptors (Lipinski definition) is 3. The van der Waals surface area contributed by atoms with Crippen LogP contribution in [0.2, 0.25) is 0 Å². The van der Waals surface area contributed by atoms with Gasteiger partial charge in [-0.3, -0.25) is 4.79 Å². The van der Waals surface area contributed by atoms with E-state index >= 15 is 0 Å². The van der Waals surface area contributed by atoms with Crippen molar-refractivity contribution in [1.82, 2.24) is 10.6 Å². The Morgan fingerprint density at radius 3 is 2.74 bits per heavy atom. The fraction of sp³-hybridized carbons (Fsp3) is 0.429. The number of aliphatic imine (C=N–C) groups is 1. The zero-order chi connectivity index (χ0) is 19.5. The number of nitrogens with one attached hydrogen (secondary N) is 3. The standard InChI is InChI=1S/C21H30N4OS/c1-4-16(3)20(26)25-18-9-6-8-17(14-18)15-24-21(22-5-2)23-12-11-19-10-7-13-27-19/h6-10,13-14,16H,4-5,11-12,15H2,1-3H3,(H,25,26)(H2,22,23,24). The first-order valence-corrected chi connectivity index (χ1v) is 10.4. The number of anilines is 1. The van der Waals surface area contributed by atoms with E-state index < -0.39 is 0 Å². The Balaban J connectivity index is 1.92. The summed E-state index contributed by atoms with van der Waals surface area (Å²) >= 11 is 1.77. The molecule has 0 spiro atoms. The van der Waals surface area contributed by atoms with Gasteiger partial charge in [0.15, 0.2) is 5.96 Å². The first-order valence-electron chi connectivity index (χ1n) is 9.56. The van der Waals surface area contributed by atoms with Crippen molar-refractivity contribution in [3.8, 4) is 0 Å². The molecule has 0 radical (unpaired) electrons. The molecule has 0 bridgehead atoms. The van der Waals surface area contributed by atoms with E-state index in [1.807, 2.05) is 38.1 Å². The summed E-state index contributed by atoms with van der Waals surface area (Å²) in [5.41, 5.74) is 1.89. The third kappa shape index (κ3) is 7.43. The fourth-order valence-corrected chi connectivity index (χ4v) is 3.18. The minimum Gasteiger partial charge on any atom is -0.357 e. The van der Waals surface area contributed by atoms with Gasteiger partial charge in [0.25, 0.3) is 0 Å². The summed E-state index contributed by atoms with van der Waals surface area (Å²) in [6.45, 7) is 8.23. The van der Waals surface area contributed by atoms with Gasteiger partial charge >= 0.3 is 0 Å². The first-order chi connectivity index (χ1) is 13.1. The van der Waals surface area contributed by atoms with Crippen LogP contribution < -0.4 is 16.0 Å². The van der Waals surface area contributed by atoms with Gasteiger partial charge < -0.3 is 16.0 Å². The predicted octanol–water partition coefficient (Wildman–Crippen LogP) is 4.03. The van der Waals surface area contributed by atoms with Gasteiger partial charge in [0.05, 0.1) is 6.54 Å². The number of rotatable bonds is 9. The van der Waals surface area contributed by atoms with Crippen molar-refractivity contribution in [2.45, 2.75) is 40.2 Å². The molecular formula is C21H30N4OS. The number of carbonyl (C=O) groups is 1. The molecule has 5 nitrogen and oxygen atoms in total. The maximum absolute atomic E-state index is 12.1. The zero-order valence-electron chi connectivity index (χ0n) is 16.4. The molecule has 0 fully saturated rings. The molecule has 0 aliphatic carbocycles. The molecule has 0 saturated heterocycles. The number of carbonyl (C=O) groups excluding carboxylic acids is 1. The van der Waals surface area contributed by atoms with Crippen molar-refractivity contribution in [1.29, 1.82) is 0 Å². The molecule has 2 aromatic rings. The van der Waals surface area contributed by atoms with Crippen molar-refractivity contribution in [2.75, 3.05) is 18.4 Å². The molecule has 0 aliphatic heterocycles. The van der Waals surface area contributed by atoms with E-state index in [2.05, 4.69) is 45.4 Å². The largest absolute Gasteiger partial charge is 0.357 e. The summed E-state index contributed by atoms with van der Waals surface area (Å²) in [5, 5.41) is 11.7. The van der Waals surface area contributed by atoms with Crippen LogP contribution in [-0.4, -0.2) is 25.0 Å². The van der Waals surface area contributed by atoms with Gasteiger partial charge in [0, 0.05) is 29.6 Å². The van der Waals surface area contributed by atoms with E-state index in [9.17, 15) is 4.79 Å². The van der Waals surface area contributed by atoms with E-state index in [1.165, 1.54) is 4.88 Å². The van der Waals surface area contributed by atoms with Gasteiger partial charge in [-0.25, -0.2) is 4.99 Å². The Morgan fingerprint density at radius 1 is 1.19 bits per heavy atom. The topological polar surface area (TPSA) is 65.5 Å². The van der Waals surface area contributed by atoms with Gasteiger partial charge in [-0.05, 0) is 48.9 Å². The lowest BCUT2D eigenvalue weighted by Gasteiger charge is -2.12. The molecular weight excluding hydrogens is 356 g/mol. The molecule has 1 atom stereocenters. The minimum absolute atomic E-state index is 0.0135. The summed E-state index contributed by atoms with van der Waals surface area (Å²) in [7, 11) is 0. The molecule has 0 saturated carbocycles. The van der Waals surface area contributed by atoms with Crippen molar-refractivity contribution in [3.05, 3.63) is 52.2 Å². The van der Waals surface area contributed by atoms with Crippen molar-refractivity contribution < 1.29 is 4.79 Å². The van der Waals surface area contributed by atoms with Crippen LogP contribution in [0.4, 0.5) is 5.69 Å². The highest BCUT2D eigenvalue weighted by Gasteiger charge is 2.10. The lowest BCUT2D eigenvalue weighted by molar-refractivity contribution is -0.119. The van der Waals surface area contributed by atoms with Crippen LogP contribution in [0.3, 0.4) is 0 Å². The van der Waals surface area contributed by atoms with Crippen LogP contribution in [0.1, 0.15) is 37.6 Å². The van der Waals surface area contributed by atoms with Crippen LogP contribution in [0.5, 0.6) is 0 Å². The van der Waals surface area contributed by atoms with E-state index in [0.717, 1.165) is 43.1 Å². The smallest absolute Gasteiger partial charge is 0.227 e. The summed E-state index contributed by atoms with van der Waals surface area (Å²) in [6.07, 6.45) is 1.82. The normalized spacial score (nSPS) is 12.5. The highest BCUT2D eigenvalue weighted by molar-refractivity contribution is 7.09. The van der Waals surface area contributed by atoms with Crippen molar-refractivity contribution in [2.24, 2.45) is 10.9 Å². The van der Waals surface area contributed by atoms with Gasteiger partial charge in [-0.2, -0.15) is 0 Å². The molecule has 27 heavy (non-hydrogen) atoms. The monoisotopic (exact) mass is 386 g/mol. The molecule has 3 N–H and O–H groups in total. The third-order valence-corrected chi connectivity index (χ3v) is 5.20. The first kappa shape index (κ1) is 21.0. The van der Waals surface area contributed by atoms with E-state index in [-0.39, 0.29) is 11.8 Å². The average molecular weight is 387 g/mol. The Labute approximate surface area is 166 Å². The van der Waals surface area contributed by atoms with E-state index in [4.69, 9.17) is 0 Å². The molecule has 1 aromatic heterocycles. The van der Waals surface area contributed by atoms with Crippen molar-refractivity contribution >= 4 is 28.9 Å². The Kier molecular flexibility index (Phi) is 8.84. The predicted molar refractivity (Wildman–Crippen MR) is 115 cm³/mol. The lowest BCUT2D eigenvalue weighted by Crippen LogP contribution is -2.38. The molecule has 6 heteroatoms. The minimum atomic E-state index is 0.0135. The Bertz CT molecular complexity index is 728. The highest BCUT2D eigenvalue weighted by Crippen LogP contribution is 2.14. The maximum atomic E-state index is 12.1. The molecule has 1 unspecified atom stereocenters. The van der Waals surface area contributed by atoms with Gasteiger partial charge in [-0.1, -0.05) is 32.0 Å². The quantitative estimate of drug-likeness (QED) is 0.450. The molecule has 1 amide bonds. The van der Waals surface area contributed by atoms with Gasteiger partial charge in [-0.15, -0.1) is 11.3 Å². The van der Waals surface area contributed by atoms with E-state index in [0.29, 0.717) is 6.54 Å². The summed E-state index contributed by atoms with van der Waals surface area (Å²) in [6, 6.07) is 12.1. The molecule has 146 valence electrons. The van der Waals surface area contributed by atoms with Crippen LogP contribution in [0.25, 0.3) is 0 Å². The van der Waals surface area contributed by atoms with Crippen molar-refractivity contribution in [3.63, 3.8) is 0 Å². The second-order valence-corrected chi connectivity index (χ2v) is 7.48. The molecule has 1 aromatic carbocycles. The second kappa shape index (κ2) is 11.4. The van der Waals surface area contributed by atoms with Crippen LogP contribution in [-0.2, 0) is 17.8 Å². The number of benzene rings is 1. The van der Waals surface area contributed by atoms with Gasteiger partial charge in [0.2, 0.25) is 5.91 Å². The number of amides is 1. The fourth-order valence-electron chi connectivity index (χ4n) is 2.47. The average Bonchev–Trinajstić information content (AvgIpc) is 3.19. The second-order valence-electron chi connectivity index (χ2n) is 6.45. The molecule has 0 aliphatic rings. The number of guanidine groups is 1. The van der Waals surface area contributed by atoms with Crippen LogP contribution in [0, 0.1) is 5.92 Å². The van der Waals surface area contributed by atoms with Gasteiger partial charge in [0.1, 0.15) is 0 Å².